The van der Waals surface area contributed by atoms with Crippen LogP contribution in [0.4, 0.5) is 0 Å². The Morgan fingerprint density at radius 3 is 2.89 bits per heavy atom. The molecule has 0 radical (unpaired) electrons. The highest BCUT2D eigenvalue weighted by atomic mass is 16.5. The van der Waals surface area contributed by atoms with E-state index in [-0.39, 0.29) is 30.7 Å². The van der Waals surface area contributed by atoms with Crippen molar-refractivity contribution in [3.8, 4) is 5.88 Å². The van der Waals surface area contributed by atoms with Crippen molar-refractivity contribution in [2.24, 2.45) is 0 Å². The van der Waals surface area contributed by atoms with E-state index in [9.17, 15) is 4.79 Å². The van der Waals surface area contributed by atoms with E-state index in [0.29, 0.717) is 12.3 Å². The second-order valence-corrected chi connectivity index (χ2v) is 5.06. The summed E-state index contributed by atoms with van der Waals surface area (Å²) in [5.41, 5.74) is 0.411. The Kier molecular flexibility index (Phi) is 4.21. The lowest BCUT2D eigenvalue weighted by Crippen LogP contribution is -2.28. The Labute approximate surface area is 112 Å². The fourth-order valence-electron chi connectivity index (χ4n) is 2.13. The van der Waals surface area contributed by atoms with Crippen LogP contribution in [0.2, 0.25) is 0 Å². The van der Waals surface area contributed by atoms with Crippen molar-refractivity contribution in [3.63, 3.8) is 0 Å². The van der Waals surface area contributed by atoms with Gasteiger partial charge in [0.25, 0.3) is 0 Å². The van der Waals surface area contributed by atoms with E-state index >= 15 is 0 Å². The number of aliphatic hydroxyl groups is 1. The highest BCUT2D eigenvalue weighted by Gasteiger charge is 2.27. The Bertz CT molecular complexity index is 498. The average molecular weight is 268 g/mol. The monoisotopic (exact) mass is 268 g/mol. The summed E-state index contributed by atoms with van der Waals surface area (Å²) in [4.78, 5) is 15.9. The SMILES string of the molecule is Cc1cn(C2CC[C@@H](CO)O2)c(=O)nc1OC(C)C. The van der Waals surface area contributed by atoms with Gasteiger partial charge in [-0.25, -0.2) is 4.79 Å². The van der Waals surface area contributed by atoms with Crippen LogP contribution < -0.4 is 10.4 Å². The number of hydrogen-bond donors (Lipinski definition) is 1. The molecule has 1 saturated heterocycles. The van der Waals surface area contributed by atoms with Gasteiger partial charge in [0.2, 0.25) is 5.88 Å². The summed E-state index contributed by atoms with van der Waals surface area (Å²) in [6.45, 7) is 5.60. The lowest BCUT2D eigenvalue weighted by molar-refractivity contribution is -0.0248. The molecule has 0 aliphatic carbocycles. The van der Waals surface area contributed by atoms with Crippen LogP contribution >= 0.6 is 0 Å². The van der Waals surface area contributed by atoms with Gasteiger partial charge in [0.05, 0.1) is 18.8 Å². The van der Waals surface area contributed by atoms with Crippen molar-refractivity contribution in [2.45, 2.75) is 52.0 Å². The normalized spacial score (nSPS) is 23.0. The van der Waals surface area contributed by atoms with Crippen molar-refractivity contribution >= 4 is 0 Å². The molecule has 1 aromatic heterocycles. The molecule has 0 bridgehead atoms. The molecule has 2 heterocycles. The molecule has 0 amide bonds. The highest BCUT2D eigenvalue weighted by molar-refractivity contribution is 5.21. The van der Waals surface area contributed by atoms with Gasteiger partial charge in [0.15, 0.2) is 0 Å². The first-order valence-corrected chi connectivity index (χ1v) is 6.54. The summed E-state index contributed by atoms with van der Waals surface area (Å²) < 4.78 is 12.5. The molecule has 1 aliphatic heterocycles. The molecule has 19 heavy (non-hydrogen) atoms. The van der Waals surface area contributed by atoms with Gasteiger partial charge >= 0.3 is 5.69 Å². The van der Waals surface area contributed by atoms with E-state index in [0.717, 1.165) is 12.0 Å². The fraction of sp³-hybridized carbons (Fsp3) is 0.692. The summed E-state index contributed by atoms with van der Waals surface area (Å²) in [6.07, 6.45) is 2.60. The van der Waals surface area contributed by atoms with Crippen molar-refractivity contribution in [2.75, 3.05) is 6.61 Å². The van der Waals surface area contributed by atoms with E-state index in [1.54, 1.807) is 6.20 Å². The topological polar surface area (TPSA) is 73.6 Å². The predicted molar refractivity (Wildman–Crippen MR) is 69.2 cm³/mol. The van der Waals surface area contributed by atoms with Crippen LogP contribution in [0.3, 0.4) is 0 Å². The first-order chi connectivity index (χ1) is 9.01. The molecule has 1 fully saturated rings. The van der Waals surface area contributed by atoms with Crippen molar-refractivity contribution in [1.82, 2.24) is 9.55 Å². The maximum atomic E-state index is 12.0. The van der Waals surface area contributed by atoms with Crippen molar-refractivity contribution in [3.05, 3.63) is 22.2 Å². The number of hydrogen-bond acceptors (Lipinski definition) is 5. The third-order valence-corrected chi connectivity index (χ3v) is 3.03. The van der Waals surface area contributed by atoms with Gasteiger partial charge in [-0.15, -0.1) is 0 Å². The molecule has 1 N–H and O–H groups in total. The molecule has 6 nitrogen and oxygen atoms in total. The van der Waals surface area contributed by atoms with E-state index in [4.69, 9.17) is 14.6 Å². The molecule has 2 atom stereocenters. The van der Waals surface area contributed by atoms with Crippen LogP contribution in [0, 0.1) is 6.92 Å². The lowest BCUT2D eigenvalue weighted by atomic mass is 10.2. The number of rotatable bonds is 4. The first kappa shape index (κ1) is 14.0. The maximum absolute atomic E-state index is 12.0. The largest absolute Gasteiger partial charge is 0.475 e. The molecule has 0 aromatic carbocycles. The number of ether oxygens (including phenoxy) is 2. The van der Waals surface area contributed by atoms with Gasteiger partial charge in [-0.3, -0.25) is 4.57 Å². The molecule has 0 saturated carbocycles. The summed E-state index contributed by atoms with van der Waals surface area (Å²) >= 11 is 0. The fourth-order valence-corrected chi connectivity index (χ4v) is 2.13. The zero-order chi connectivity index (χ0) is 14.0. The van der Waals surface area contributed by atoms with Gasteiger partial charge in [-0.1, -0.05) is 0 Å². The van der Waals surface area contributed by atoms with Crippen LogP contribution in [-0.4, -0.2) is 33.5 Å². The first-order valence-electron chi connectivity index (χ1n) is 6.54. The smallest absolute Gasteiger partial charge is 0.352 e. The van der Waals surface area contributed by atoms with E-state index in [1.807, 2.05) is 20.8 Å². The van der Waals surface area contributed by atoms with E-state index in [1.165, 1.54) is 4.57 Å². The Morgan fingerprint density at radius 1 is 1.58 bits per heavy atom. The third kappa shape index (κ3) is 3.13. The standard InChI is InChI=1S/C13H20N2O4/c1-8(2)18-12-9(3)6-15(13(17)14-12)11-5-4-10(7-16)19-11/h6,8,10-11,16H,4-5,7H2,1-3H3/t10-,11?/m0/s1. The summed E-state index contributed by atoms with van der Waals surface area (Å²) in [5, 5.41) is 9.05. The molecular formula is C13H20N2O4. The molecule has 1 aromatic rings. The molecule has 1 aliphatic rings. The minimum atomic E-state index is -0.384. The van der Waals surface area contributed by atoms with Crippen LogP contribution in [0.5, 0.6) is 5.88 Å². The molecular weight excluding hydrogens is 248 g/mol. The van der Waals surface area contributed by atoms with Gasteiger partial charge in [0, 0.05) is 11.8 Å². The zero-order valence-corrected chi connectivity index (χ0v) is 11.5. The van der Waals surface area contributed by atoms with E-state index in [2.05, 4.69) is 4.98 Å². The molecule has 1 unspecified atom stereocenters. The zero-order valence-electron chi connectivity index (χ0n) is 11.5. The molecule has 0 spiro atoms. The summed E-state index contributed by atoms with van der Waals surface area (Å²) in [7, 11) is 0. The lowest BCUT2D eigenvalue weighted by Gasteiger charge is -2.17. The second-order valence-electron chi connectivity index (χ2n) is 5.06. The number of aromatic nitrogens is 2. The summed E-state index contributed by atoms with van der Waals surface area (Å²) in [5.74, 6) is 0.368. The number of aryl methyl sites for hydroxylation is 1. The van der Waals surface area contributed by atoms with Gasteiger partial charge in [-0.2, -0.15) is 4.98 Å². The van der Waals surface area contributed by atoms with Crippen LogP contribution in [-0.2, 0) is 4.74 Å². The summed E-state index contributed by atoms with van der Waals surface area (Å²) in [6, 6.07) is 0. The van der Waals surface area contributed by atoms with Gasteiger partial charge < -0.3 is 14.6 Å². The van der Waals surface area contributed by atoms with Crippen molar-refractivity contribution in [1.29, 1.82) is 0 Å². The van der Waals surface area contributed by atoms with E-state index < -0.39 is 0 Å². The molecule has 2 rings (SSSR count). The van der Waals surface area contributed by atoms with Crippen LogP contribution in [0.1, 0.15) is 38.5 Å². The van der Waals surface area contributed by atoms with Crippen molar-refractivity contribution < 1.29 is 14.6 Å². The van der Waals surface area contributed by atoms with Crippen LogP contribution in [0.25, 0.3) is 0 Å². The van der Waals surface area contributed by atoms with Gasteiger partial charge in [0.1, 0.15) is 6.23 Å². The third-order valence-electron chi connectivity index (χ3n) is 3.03. The number of nitrogens with zero attached hydrogens (tertiary/aromatic N) is 2. The Hall–Kier alpha value is -1.40. The Morgan fingerprint density at radius 2 is 2.32 bits per heavy atom. The number of aliphatic hydroxyl groups excluding tert-OH is 1. The minimum absolute atomic E-state index is 0.0216. The highest BCUT2D eigenvalue weighted by Crippen LogP contribution is 2.27. The minimum Gasteiger partial charge on any atom is -0.475 e. The van der Waals surface area contributed by atoms with Crippen LogP contribution in [0.15, 0.2) is 11.0 Å². The second kappa shape index (κ2) is 5.71. The maximum Gasteiger partial charge on any atom is 0.352 e. The van der Waals surface area contributed by atoms with Gasteiger partial charge in [-0.05, 0) is 33.6 Å². The quantitative estimate of drug-likeness (QED) is 0.882. The predicted octanol–water partition coefficient (Wildman–Crippen LogP) is 1.01. The molecule has 106 valence electrons. The Balaban J connectivity index is 2.24. The molecule has 6 heteroatoms. The average Bonchev–Trinajstić information content (AvgIpc) is 2.81.